The molecule has 0 aliphatic carbocycles. The highest BCUT2D eigenvalue weighted by Gasteiger charge is 2.51. The number of hydrogen-bond acceptors (Lipinski definition) is 1. The Kier molecular flexibility index (Phi) is 5.59. The highest BCUT2D eigenvalue weighted by molar-refractivity contribution is 7.77. The average molecular weight is 406 g/mol. The molecule has 0 radical (unpaired) electrons. The zero-order valence-corrected chi connectivity index (χ0v) is 18.5. The van der Waals surface area contributed by atoms with Crippen molar-refractivity contribution >= 4 is 31.0 Å². The minimum Gasteiger partial charge on any atom is -0.318 e. The first-order valence-corrected chi connectivity index (χ1v) is 13.4. The summed E-state index contributed by atoms with van der Waals surface area (Å²) in [6.45, 7) is 4.73. The second kappa shape index (κ2) is 7.98. The molecule has 1 aliphatic heterocycles. The predicted octanol–water partition coefficient (Wildman–Crippen LogP) is 5.75. The van der Waals surface area contributed by atoms with E-state index in [-0.39, 0.29) is 10.8 Å². The summed E-state index contributed by atoms with van der Waals surface area (Å²) in [5.41, 5.74) is 0.217. The summed E-state index contributed by atoms with van der Waals surface area (Å²) in [5, 5.41) is 3.77. The van der Waals surface area contributed by atoms with Gasteiger partial charge in [-0.2, -0.15) is 0 Å². The minimum absolute atomic E-state index is 0.0556. The van der Waals surface area contributed by atoms with E-state index in [1.165, 1.54) is 10.6 Å². The van der Waals surface area contributed by atoms with Gasteiger partial charge in [0.25, 0.3) is 0 Å². The summed E-state index contributed by atoms with van der Waals surface area (Å²) in [4.78, 5) is 0. The molecule has 0 aromatic heterocycles. The van der Waals surface area contributed by atoms with Gasteiger partial charge in [-0.1, -0.05) is 105 Å². The van der Waals surface area contributed by atoms with Gasteiger partial charge in [0.05, 0.1) is 0 Å². The van der Waals surface area contributed by atoms with Crippen LogP contribution < -0.4 is 15.9 Å². The van der Waals surface area contributed by atoms with Gasteiger partial charge in [0.15, 0.2) is 0 Å². The van der Waals surface area contributed by atoms with Crippen LogP contribution >= 0.6 is 15.1 Å². The second-order valence-corrected chi connectivity index (χ2v) is 14.2. The molecule has 2 atom stereocenters. The molecule has 1 fully saturated rings. The molecular formula is C25H28OP2. The molecule has 0 amide bonds. The molecule has 1 saturated heterocycles. The van der Waals surface area contributed by atoms with Gasteiger partial charge in [0.1, 0.15) is 7.14 Å². The molecular weight excluding hydrogens is 378 g/mol. The fraction of sp³-hybridized carbons (Fsp3) is 0.280. The Bertz CT molecular complexity index is 912. The summed E-state index contributed by atoms with van der Waals surface area (Å²) in [5.74, 6) is 0. The van der Waals surface area contributed by atoms with Crippen LogP contribution in [0, 0.1) is 0 Å². The van der Waals surface area contributed by atoms with Crippen LogP contribution in [-0.2, 0) is 4.57 Å². The van der Waals surface area contributed by atoms with Crippen molar-refractivity contribution in [3.63, 3.8) is 0 Å². The average Bonchev–Trinajstić information content (AvgIpc) is 3.14. The lowest BCUT2D eigenvalue weighted by Gasteiger charge is -2.43. The summed E-state index contributed by atoms with van der Waals surface area (Å²) < 4.78 is 14.4. The van der Waals surface area contributed by atoms with Crippen molar-refractivity contribution in [1.82, 2.24) is 0 Å². The van der Waals surface area contributed by atoms with Crippen molar-refractivity contribution in [2.45, 2.75) is 37.5 Å². The standard InChI is InChI=1S/C25H28OP2/c1-25(2,24-19-12-20-28(24,26)23-17-10-5-11-18-23)27(21-13-6-3-7-14-21)22-15-8-4-9-16-22/h3-11,13-18,24H,12,19-20H2,1-2H3/t24-,28?/m0/s1. The Labute approximate surface area is 170 Å². The maximum Gasteiger partial charge on any atom is 0.119 e. The van der Waals surface area contributed by atoms with Crippen molar-refractivity contribution in [3.05, 3.63) is 91.0 Å². The highest BCUT2D eigenvalue weighted by atomic mass is 31.2. The lowest BCUT2D eigenvalue weighted by molar-refractivity contribution is 0.555. The fourth-order valence-corrected chi connectivity index (χ4v) is 12.6. The van der Waals surface area contributed by atoms with E-state index in [1.54, 1.807) is 0 Å². The molecule has 4 rings (SSSR count). The molecule has 1 nitrogen and oxygen atoms in total. The van der Waals surface area contributed by atoms with Crippen LogP contribution in [0.15, 0.2) is 91.0 Å². The molecule has 1 aliphatic rings. The Morgan fingerprint density at radius 2 is 1.25 bits per heavy atom. The van der Waals surface area contributed by atoms with E-state index in [9.17, 15) is 4.57 Å². The van der Waals surface area contributed by atoms with Crippen molar-refractivity contribution in [2.75, 3.05) is 6.16 Å². The Morgan fingerprint density at radius 1 is 0.786 bits per heavy atom. The molecule has 1 unspecified atom stereocenters. The molecule has 0 spiro atoms. The second-order valence-electron chi connectivity index (χ2n) is 8.17. The smallest absolute Gasteiger partial charge is 0.119 e. The van der Waals surface area contributed by atoms with Crippen molar-refractivity contribution in [2.24, 2.45) is 0 Å². The van der Waals surface area contributed by atoms with Crippen LogP contribution in [0.2, 0.25) is 0 Å². The molecule has 3 heteroatoms. The third-order valence-electron chi connectivity index (χ3n) is 6.09. The van der Waals surface area contributed by atoms with Gasteiger partial charge in [0, 0.05) is 22.3 Å². The van der Waals surface area contributed by atoms with Crippen LogP contribution in [0.5, 0.6) is 0 Å². The lowest BCUT2D eigenvalue weighted by Crippen LogP contribution is -2.40. The van der Waals surface area contributed by atoms with Gasteiger partial charge >= 0.3 is 0 Å². The molecule has 1 heterocycles. The topological polar surface area (TPSA) is 17.1 Å². The molecule has 28 heavy (non-hydrogen) atoms. The maximum absolute atomic E-state index is 14.4. The number of hydrogen-bond donors (Lipinski definition) is 0. The maximum atomic E-state index is 14.4. The van der Waals surface area contributed by atoms with Gasteiger partial charge in [-0.15, -0.1) is 0 Å². The van der Waals surface area contributed by atoms with E-state index >= 15 is 0 Å². The van der Waals surface area contributed by atoms with E-state index in [0.29, 0.717) is 0 Å². The summed E-state index contributed by atoms with van der Waals surface area (Å²) >= 11 is 0. The van der Waals surface area contributed by atoms with Gasteiger partial charge in [-0.25, -0.2) is 0 Å². The van der Waals surface area contributed by atoms with E-state index in [0.717, 1.165) is 24.3 Å². The Balaban J connectivity index is 1.83. The summed E-state index contributed by atoms with van der Waals surface area (Å²) in [6, 6.07) is 32.0. The number of benzene rings is 3. The van der Waals surface area contributed by atoms with Crippen LogP contribution in [0.1, 0.15) is 26.7 Å². The van der Waals surface area contributed by atoms with Crippen molar-refractivity contribution < 1.29 is 4.57 Å². The normalized spacial score (nSPS) is 22.5. The number of rotatable bonds is 5. The van der Waals surface area contributed by atoms with E-state index in [1.807, 2.05) is 18.2 Å². The van der Waals surface area contributed by atoms with E-state index < -0.39 is 15.1 Å². The third-order valence-corrected chi connectivity index (χ3v) is 13.4. The summed E-state index contributed by atoms with van der Waals surface area (Å²) in [7, 11) is -3.06. The zero-order valence-electron chi connectivity index (χ0n) is 16.7. The minimum atomic E-state index is -2.43. The van der Waals surface area contributed by atoms with Crippen LogP contribution in [0.3, 0.4) is 0 Å². The van der Waals surface area contributed by atoms with Gasteiger partial charge in [0.2, 0.25) is 0 Å². The SMILES string of the molecule is CC(C)([C@@H]1CCCP1(=O)c1ccccc1)P(c1ccccc1)c1ccccc1. The van der Waals surface area contributed by atoms with Gasteiger partial charge in [-0.05, 0) is 31.4 Å². The van der Waals surface area contributed by atoms with Crippen molar-refractivity contribution in [1.29, 1.82) is 0 Å². The van der Waals surface area contributed by atoms with Crippen LogP contribution in [-0.4, -0.2) is 17.0 Å². The summed E-state index contributed by atoms with van der Waals surface area (Å²) in [6.07, 6.45) is 2.96. The lowest BCUT2D eigenvalue weighted by atomic mass is 10.1. The predicted molar refractivity (Wildman–Crippen MR) is 125 cm³/mol. The van der Waals surface area contributed by atoms with Gasteiger partial charge < -0.3 is 4.57 Å². The molecule has 3 aromatic rings. The first-order valence-electron chi connectivity index (χ1n) is 10.1. The largest absolute Gasteiger partial charge is 0.318 e. The molecule has 0 bridgehead atoms. The van der Waals surface area contributed by atoms with Crippen LogP contribution in [0.25, 0.3) is 0 Å². The molecule has 0 N–H and O–H groups in total. The van der Waals surface area contributed by atoms with Gasteiger partial charge in [-0.3, -0.25) is 0 Å². The Morgan fingerprint density at radius 3 is 1.75 bits per heavy atom. The molecule has 144 valence electrons. The molecule has 0 saturated carbocycles. The molecule has 3 aromatic carbocycles. The fourth-order valence-electron chi connectivity index (χ4n) is 4.85. The third kappa shape index (κ3) is 3.52. The Hall–Kier alpha value is -1.68. The quantitative estimate of drug-likeness (QED) is 0.493. The van der Waals surface area contributed by atoms with Crippen LogP contribution in [0.4, 0.5) is 0 Å². The van der Waals surface area contributed by atoms with E-state index in [4.69, 9.17) is 0 Å². The van der Waals surface area contributed by atoms with E-state index in [2.05, 4.69) is 86.6 Å². The first kappa shape index (κ1) is 19.6. The first-order chi connectivity index (χ1) is 13.5. The highest BCUT2D eigenvalue weighted by Crippen LogP contribution is 2.67. The van der Waals surface area contributed by atoms with Crippen molar-refractivity contribution in [3.8, 4) is 0 Å². The monoisotopic (exact) mass is 406 g/mol. The zero-order chi connectivity index (χ0) is 19.6.